The molecule has 1 aliphatic rings. The van der Waals surface area contributed by atoms with Crippen molar-refractivity contribution in [2.75, 3.05) is 0 Å². The molecule has 6 nitrogen and oxygen atoms in total. The van der Waals surface area contributed by atoms with Crippen molar-refractivity contribution in [2.24, 2.45) is 4.99 Å². The van der Waals surface area contributed by atoms with Gasteiger partial charge in [0.15, 0.2) is 0 Å². The first-order valence-electron chi connectivity index (χ1n) is 19.4. The topological polar surface area (TPSA) is 67.6 Å². The molecule has 0 aliphatic carbocycles. The lowest BCUT2D eigenvalue weighted by atomic mass is 9.97. The van der Waals surface area contributed by atoms with Crippen LogP contribution in [0.2, 0.25) is 0 Å². The summed E-state index contributed by atoms with van der Waals surface area (Å²) in [5, 5.41) is 14.1. The van der Waals surface area contributed by atoms with Crippen LogP contribution in [0.4, 0.5) is 0 Å². The summed E-state index contributed by atoms with van der Waals surface area (Å²) in [5.41, 5.74) is 12.0. The fourth-order valence-corrected chi connectivity index (χ4v) is 8.93. The van der Waals surface area contributed by atoms with Gasteiger partial charge in [0.25, 0.3) is 0 Å². The summed E-state index contributed by atoms with van der Waals surface area (Å²) in [4.78, 5) is 5.19. The molecular weight excluding hydrogens is 701 g/mol. The fourth-order valence-electron chi connectivity index (χ4n) is 8.93. The van der Waals surface area contributed by atoms with Crippen LogP contribution >= 0.6 is 0 Å². The molecule has 0 radical (unpaired) electrons. The minimum absolute atomic E-state index is 0.125. The largest absolute Gasteiger partial charge is 0.456 e. The van der Waals surface area contributed by atoms with Crippen molar-refractivity contribution >= 4 is 71.5 Å². The molecule has 1 aliphatic heterocycles. The Labute approximate surface area is 327 Å². The molecule has 4 heterocycles. The maximum absolute atomic E-state index is 6.92. The number of hydrogen-bond donors (Lipinski definition) is 2. The Kier molecular flexibility index (Phi) is 7.03. The van der Waals surface area contributed by atoms with Crippen LogP contribution in [0.15, 0.2) is 196 Å². The van der Waals surface area contributed by atoms with Gasteiger partial charge in [-0.2, -0.15) is 0 Å². The first kappa shape index (κ1) is 31.9. The van der Waals surface area contributed by atoms with Crippen molar-refractivity contribution in [3.63, 3.8) is 0 Å². The van der Waals surface area contributed by atoms with E-state index in [9.17, 15) is 0 Å². The van der Waals surface area contributed by atoms with Crippen LogP contribution in [0.5, 0.6) is 0 Å². The predicted molar refractivity (Wildman–Crippen MR) is 232 cm³/mol. The Balaban J connectivity index is 1.03. The average Bonchev–Trinajstić information content (AvgIpc) is 3.96. The van der Waals surface area contributed by atoms with Gasteiger partial charge in [0.05, 0.1) is 22.1 Å². The molecule has 3 aromatic heterocycles. The Morgan fingerprint density at radius 3 is 1.91 bits per heavy atom. The number of benzene rings is 8. The van der Waals surface area contributed by atoms with Gasteiger partial charge in [0, 0.05) is 38.1 Å². The summed E-state index contributed by atoms with van der Waals surface area (Å²) in [6.07, 6.45) is -0.423. The van der Waals surface area contributed by atoms with E-state index in [1.807, 2.05) is 24.3 Å². The average molecular weight is 735 g/mol. The minimum atomic E-state index is -0.297. The molecule has 0 fully saturated rings. The second-order valence-electron chi connectivity index (χ2n) is 14.7. The summed E-state index contributed by atoms with van der Waals surface area (Å²) in [5.74, 6) is 0.848. The van der Waals surface area contributed by atoms with Crippen LogP contribution < -0.4 is 10.6 Å². The molecule has 12 rings (SSSR count). The lowest BCUT2D eigenvalue weighted by molar-refractivity contribution is 0.409. The lowest BCUT2D eigenvalue weighted by Gasteiger charge is -2.32. The number of hydrogen-bond acceptors (Lipinski definition) is 5. The highest BCUT2D eigenvalue weighted by Gasteiger charge is 2.27. The van der Waals surface area contributed by atoms with Crippen LogP contribution in [0.1, 0.15) is 29.0 Å². The van der Waals surface area contributed by atoms with Crippen LogP contribution in [0.3, 0.4) is 0 Å². The molecule has 6 heteroatoms. The highest BCUT2D eigenvalue weighted by atomic mass is 16.3. The molecule has 2 N–H and O–H groups in total. The Morgan fingerprint density at radius 1 is 0.474 bits per heavy atom. The van der Waals surface area contributed by atoms with E-state index in [2.05, 4.69) is 173 Å². The summed E-state index contributed by atoms with van der Waals surface area (Å²) < 4.78 is 15.9. The van der Waals surface area contributed by atoms with Gasteiger partial charge in [-0.3, -0.25) is 5.32 Å². The van der Waals surface area contributed by atoms with Gasteiger partial charge >= 0.3 is 0 Å². The monoisotopic (exact) mass is 734 g/mol. The number of para-hydroxylation sites is 3. The van der Waals surface area contributed by atoms with E-state index in [0.717, 1.165) is 94.3 Å². The molecule has 0 saturated carbocycles. The van der Waals surface area contributed by atoms with Crippen molar-refractivity contribution in [1.29, 1.82) is 0 Å². The molecule has 57 heavy (non-hydrogen) atoms. The van der Waals surface area contributed by atoms with Crippen LogP contribution in [0.25, 0.3) is 82.5 Å². The molecule has 8 aromatic carbocycles. The van der Waals surface area contributed by atoms with E-state index >= 15 is 0 Å². The van der Waals surface area contributed by atoms with Crippen molar-refractivity contribution in [1.82, 2.24) is 15.2 Å². The summed E-state index contributed by atoms with van der Waals surface area (Å²) >= 11 is 0. The third-order valence-corrected chi connectivity index (χ3v) is 11.5. The first-order valence-corrected chi connectivity index (χ1v) is 19.4. The van der Waals surface area contributed by atoms with Crippen LogP contribution in [-0.4, -0.2) is 10.4 Å². The molecule has 0 saturated heterocycles. The molecule has 0 bridgehead atoms. The number of nitrogens with zero attached hydrogens (tertiary/aromatic N) is 2. The van der Waals surface area contributed by atoms with Crippen LogP contribution in [-0.2, 0) is 0 Å². The predicted octanol–water partition coefficient (Wildman–Crippen LogP) is 12.6. The highest BCUT2D eigenvalue weighted by molar-refractivity contribution is 6.20. The second-order valence-corrected chi connectivity index (χ2v) is 14.7. The van der Waals surface area contributed by atoms with Crippen molar-refractivity contribution in [3.8, 4) is 16.8 Å². The molecule has 11 aromatic rings. The van der Waals surface area contributed by atoms with Gasteiger partial charge in [0.2, 0.25) is 0 Å². The number of rotatable bonds is 5. The Bertz CT molecular complexity index is 3320. The molecule has 0 amide bonds. The van der Waals surface area contributed by atoms with E-state index in [-0.39, 0.29) is 12.3 Å². The first-order chi connectivity index (χ1) is 28.3. The Hall–Kier alpha value is -7.41. The number of nitrogens with one attached hydrogen (secondary N) is 2. The van der Waals surface area contributed by atoms with Gasteiger partial charge < -0.3 is 18.7 Å². The molecule has 0 spiro atoms. The quantitative estimate of drug-likeness (QED) is 0.185. The number of amidine groups is 1. The van der Waals surface area contributed by atoms with E-state index < -0.39 is 0 Å². The summed E-state index contributed by atoms with van der Waals surface area (Å²) in [6, 6.07) is 63.7. The zero-order valence-corrected chi connectivity index (χ0v) is 30.7. The van der Waals surface area contributed by atoms with E-state index in [4.69, 9.17) is 13.8 Å². The van der Waals surface area contributed by atoms with Crippen molar-refractivity contribution in [2.45, 2.75) is 12.3 Å². The SMILES string of the molecule is c1ccc(C2=NC(c3ccc4c(c3)oc3c(-c5cccc6oc7cccc(-n8c9ccccc9c9ccccc98)c7c56)cccc34)NC(c3ccccc3)N2)cc1. The van der Waals surface area contributed by atoms with Gasteiger partial charge in [0.1, 0.15) is 40.5 Å². The minimum Gasteiger partial charge on any atom is -0.456 e. The number of fused-ring (bicyclic) bond motifs is 9. The van der Waals surface area contributed by atoms with Crippen molar-refractivity contribution < 1.29 is 8.83 Å². The molecule has 270 valence electrons. The highest BCUT2D eigenvalue weighted by Crippen LogP contribution is 2.45. The van der Waals surface area contributed by atoms with E-state index in [1.165, 1.54) is 10.8 Å². The van der Waals surface area contributed by atoms with Gasteiger partial charge in [-0.25, -0.2) is 4.99 Å². The maximum Gasteiger partial charge on any atom is 0.143 e. The number of aromatic nitrogens is 1. The maximum atomic E-state index is 6.92. The van der Waals surface area contributed by atoms with Gasteiger partial charge in [-0.15, -0.1) is 0 Å². The third kappa shape index (κ3) is 4.98. The van der Waals surface area contributed by atoms with Gasteiger partial charge in [-0.05, 0) is 53.1 Å². The Morgan fingerprint density at radius 2 is 1.12 bits per heavy atom. The smallest absolute Gasteiger partial charge is 0.143 e. The van der Waals surface area contributed by atoms with E-state index in [1.54, 1.807) is 0 Å². The lowest BCUT2D eigenvalue weighted by Crippen LogP contribution is -2.44. The summed E-state index contributed by atoms with van der Waals surface area (Å²) in [7, 11) is 0. The number of furan rings is 2. The van der Waals surface area contributed by atoms with Crippen molar-refractivity contribution in [3.05, 3.63) is 199 Å². The zero-order chi connectivity index (χ0) is 37.5. The zero-order valence-electron chi connectivity index (χ0n) is 30.7. The molecule has 2 atom stereocenters. The summed E-state index contributed by atoms with van der Waals surface area (Å²) in [6.45, 7) is 0. The second kappa shape index (κ2) is 12.6. The number of aliphatic imine (C=N–C) groups is 1. The normalized spacial score (nSPS) is 15.9. The van der Waals surface area contributed by atoms with Crippen LogP contribution in [0, 0.1) is 0 Å². The van der Waals surface area contributed by atoms with Gasteiger partial charge in [-0.1, -0.05) is 146 Å². The standard InChI is InChI=1S/C51H34N4O2/c1-3-14-31(15-4-1)49-52-50(32-16-5-2-6-17-32)54-51(53-49)33-28-29-36-38-21-11-22-39(48(38)57-45(36)30-33)37-20-12-26-43-46(37)47-42(25-13-27-44(47)56-43)55-40-23-9-7-18-34(40)35-19-8-10-24-41(35)55/h1-30,49,51,53H,(H,52,54). The third-order valence-electron chi connectivity index (χ3n) is 11.5. The molecular formula is C51H34N4O2. The molecule has 2 unspecified atom stereocenters. The van der Waals surface area contributed by atoms with E-state index in [0.29, 0.717) is 0 Å². The fraction of sp³-hybridized carbons (Fsp3) is 0.0392.